The van der Waals surface area contributed by atoms with E-state index in [0.29, 0.717) is 5.15 Å². The Bertz CT molecular complexity index is 376. The van der Waals surface area contributed by atoms with Gasteiger partial charge in [-0.15, -0.1) is 11.8 Å². The Morgan fingerprint density at radius 3 is 2.62 bits per heavy atom. The SMILES string of the molecule is CCc1nc(Cl)c(C)c(SC2CCCC2)n1. The van der Waals surface area contributed by atoms with Crippen molar-refractivity contribution in [2.75, 3.05) is 0 Å². The molecule has 0 N–H and O–H groups in total. The summed E-state index contributed by atoms with van der Waals surface area (Å²) in [6.45, 7) is 4.07. The summed E-state index contributed by atoms with van der Waals surface area (Å²) in [6, 6.07) is 0. The average molecular weight is 257 g/mol. The van der Waals surface area contributed by atoms with Gasteiger partial charge in [-0.05, 0) is 19.8 Å². The third kappa shape index (κ3) is 2.69. The third-order valence-corrected chi connectivity index (χ3v) is 4.78. The van der Waals surface area contributed by atoms with Gasteiger partial charge in [-0.2, -0.15) is 0 Å². The zero-order valence-corrected chi connectivity index (χ0v) is 11.4. The summed E-state index contributed by atoms with van der Waals surface area (Å²) in [5.41, 5.74) is 1.04. The van der Waals surface area contributed by atoms with Crippen LogP contribution < -0.4 is 0 Å². The molecule has 0 unspecified atom stereocenters. The van der Waals surface area contributed by atoms with E-state index in [0.717, 1.165) is 28.1 Å². The topological polar surface area (TPSA) is 25.8 Å². The van der Waals surface area contributed by atoms with E-state index in [1.807, 2.05) is 18.7 Å². The van der Waals surface area contributed by atoms with Gasteiger partial charge in [0.1, 0.15) is 16.0 Å². The maximum absolute atomic E-state index is 6.12. The van der Waals surface area contributed by atoms with Gasteiger partial charge in [0.2, 0.25) is 0 Å². The second kappa shape index (κ2) is 5.37. The highest BCUT2D eigenvalue weighted by molar-refractivity contribution is 7.99. The van der Waals surface area contributed by atoms with Gasteiger partial charge in [0, 0.05) is 17.2 Å². The lowest BCUT2D eigenvalue weighted by atomic mass is 10.3. The van der Waals surface area contributed by atoms with Gasteiger partial charge in [0.25, 0.3) is 0 Å². The molecule has 1 aliphatic rings. The summed E-state index contributed by atoms with van der Waals surface area (Å²) in [5, 5.41) is 2.44. The minimum Gasteiger partial charge on any atom is -0.226 e. The summed E-state index contributed by atoms with van der Waals surface area (Å²) in [4.78, 5) is 8.85. The van der Waals surface area contributed by atoms with Crippen molar-refractivity contribution in [1.29, 1.82) is 0 Å². The zero-order valence-electron chi connectivity index (χ0n) is 9.79. The fourth-order valence-corrected chi connectivity index (χ4v) is 3.51. The highest BCUT2D eigenvalue weighted by Crippen LogP contribution is 2.36. The molecule has 0 aromatic carbocycles. The van der Waals surface area contributed by atoms with Gasteiger partial charge in [-0.3, -0.25) is 0 Å². The molecule has 1 saturated carbocycles. The number of hydrogen-bond acceptors (Lipinski definition) is 3. The van der Waals surface area contributed by atoms with Gasteiger partial charge in [-0.25, -0.2) is 9.97 Å². The largest absolute Gasteiger partial charge is 0.226 e. The quantitative estimate of drug-likeness (QED) is 0.764. The summed E-state index contributed by atoms with van der Waals surface area (Å²) >= 11 is 8.00. The van der Waals surface area contributed by atoms with E-state index in [-0.39, 0.29) is 0 Å². The maximum Gasteiger partial charge on any atom is 0.136 e. The first-order valence-corrected chi connectivity index (χ1v) is 7.16. The molecule has 2 nitrogen and oxygen atoms in total. The van der Waals surface area contributed by atoms with Gasteiger partial charge >= 0.3 is 0 Å². The number of aryl methyl sites for hydroxylation is 1. The van der Waals surface area contributed by atoms with Crippen LogP contribution in [-0.2, 0) is 6.42 Å². The van der Waals surface area contributed by atoms with E-state index in [2.05, 4.69) is 16.9 Å². The van der Waals surface area contributed by atoms with Gasteiger partial charge < -0.3 is 0 Å². The van der Waals surface area contributed by atoms with Gasteiger partial charge in [0.05, 0.1) is 0 Å². The summed E-state index contributed by atoms with van der Waals surface area (Å²) in [7, 11) is 0. The Hall–Kier alpha value is -0.280. The molecule has 4 heteroatoms. The first kappa shape index (κ1) is 12.2. The normalized spacial score (nSPS) is 16.9. The molecule has 0 saturated heterocycles. The van der Waals surface area contributed by atoms with Crippen LogP contribution >= 0.6 is 23.4 Å². The standard InChI is InChI=1S/C12H17ClN2S/c1-3-10-14-11(13)8(2)12(15-10)16-9-6-4-5-7-9/h9H,3-7H2,1-2H3. The molecule has 1 aliphatic carbocycles. The predicted octanol–water partition coefficient (Wildman–Crippen LogP) is 4.04. The highest BCUT2D eigenvalue weighted by Gasteiger charge is 2.19. The van der Waals surface area contributed by atoms with Crippen molar-refractivity contribution in [2.45, 2.75) is 56.2 Å². The maximum atomic E-state index is 6.12. The molecule has 0 amide bonds. The molecule has 0 aliphatic heterocycles. The number of aromatic nitrogens is 2. The van der Waals surface area contributed by atoms with Crippen LogP contribution in [0.1, 0.15) is 44.0 Å². The Balaban J connectivity index is 2.20. The number of thioether (sulfide) groups is 1. The van der Waals surface area contributed by atoms with Crippen molar-refractivity contribution in [3.63, 3.8) is 0 Å². The molecule has 1 aromatic heterocycles. The van der Waals surface area contributed by atoms with Crippen molar-refractivity contribution in [1.82, 2.24) is 9.97 Å². The molecule has 1 aromatic rings. The number of nitrogens with zero attached hydrogens (tertiary/aromatic N) is 2. The van der Waals surface area contributed by atoms with Crippen LogP contribution in [0.4, 0.5) is 0 Å². The fourth-order valence-electron chi connectivity index (χ4n) is 1.95. The van der Waals surface area contributed by atoms with Gasteiger partial charge in [0.15, 0.2) is 0 Å². The van der Waals surface area contributed by atoms with Crippen LogP contribution in [0, 0.1) is 6.92 Å². The molecule has 88 valence electrons. The molecule has 2 rings (SSSR count). The second-order valence-electron chi connectivity index (χ2n) is 4.24. The van der Waals surface area contributed by atoms with Crippen molar-refractivity contribution in [2.24, 2.45) is 0 Å². The smallest absolute Gasteiger partial charge is 0.136 e. The van der Waals surface area contributed by atoms with Crippen LogP contribution in [0.5, 0.6) is 0 Å². The molecule has 0 bridgehead atoms. The van der Waals surface area contributed by atoms with E-state index < -0.39 is 0 Å². The number of hydrogen-bond donors (Lipinski definition) is 0. The first-order chi connectivity index (χ1) is 7.70. The summed E-state index contributed by atoms with van der Waals surface area (Å²) in [5.74, 6) is 0.857. The second-order valence-corrected chi connectivity index (χ2v) is 5.89. The first-order valence-electron chi connectivity index (χ1n) is 5.90. The van der Waals surface area contributed by atoms with E-state index in [1.165, 1.54) is 25.7 Å². The lowest BCUT2D eigenvalue weighted by molar-refractivity contribution is 0.856. The Kier molecular flexibility index (Phi) is 4.09. The van der Waals surface area contributed by atoms with Crippen LogP contribution in [0.2, 0.25) is 5.15 Å². The van der Waals surface area contributed by atoms with E-state index in [9.17, 15) is 0 Å². The Morgan fingerprint density at radius 1 is 1.31 bits per heavy atom. The van der Waals surface area contributed by atoms with E-state index >= 15 is 0 Å². The molecule has 16 heavy (non-hydrogen) atoms. The van der Waals surface area contributed by atoms with Crippen molar-refractivity contribution in [3.05, 3.63) is 16.5 Å². The molecule has 1 heterocycles. The molecule has 0 atom stereocenters. The average Bonchev–Trinajstić information content (AvgIpc) is 2.77. The third-order valence-electron chi connectivity index (χ3n) is 2.98. The van der Waals surface area contributed by atoms with Crippen molar-refractivity contribution < 1.29 is 0 Å². The molecular weight excluding hydrogens is 240 g/mol. The summed E-state index contributed by atoms with van der Waals surface area (Å²) < 4.78 is 0. The zero-order chi connectivity index (χ0) is 11.5. The fraction of sp³-hybridized carbons (Fsp3) is 0.667. The van der Waals surface area contributed by atoms with Crippen molar-refractivity contribution >= 4 is 23.4 Å². The highest BCUT2D eigenvalue weighted by atomic mass is 35.5. The Morgan fingerprint density at radius 2 is 2.00 bits per heavy atom. The molecule has 1 fully saturated rings. The predicted molar refractivity (Wildman–Crippen MR) is 69.3 cm³/mol. The van der Waals surface area contributed by atoms with Crippen LogP contribution in [0.3, 0.4) is 0 Å². The monoisotopic (exact) mass is 256 g/mol. The van der Waals surface area contributed by atoms with Crippen LogP contribution in [-0.4, -0.2) is 15.2 Å². The Labute approximate surface area is 106 Å². The van der Waals surface area contributed by atoms with Crippen LogP contribution in [0.25, 0.3) is 0 Å². The number of rotatable bonds is 3. The lowest BCUT2D eigenvalue weighted by Gasteiger charge is -2.11. The summed E-state index contributed by atoms with van der Waals surface area (Å²) in [6.07, 6.45) is 6.19. The molecular formula is C12H17ClN2S. The minimum atomic E-state index is 0.618. The van der Waals surface area contributed by atoms with Crippen molar-refractivity contribution in [3.8, 4) is 0 Å². The minimum absolute atomic E-state index is 0.618. The van der Waals surface area contributed by atoms with Gasteiger partial charge in [-0.1, -0.05) is 31.4 Å². The van der Waals surface area contributed by atoms with E-state index in [1.54, 1.807) is 0 Å². The lowest BCUT2D eigenvalue weighted by Crippen LogP contribution is -2.02. The molecule has 0 spiro atoms. The van der Waals surface area contributed by atoms with E-state index in [4.69, 9.17) is 11.6 Å². The van der Waals surface area contributed by atoms with Crippen LogP contribution in [0.15, 0.2) is 5.03 Å². The number of halogens is 1. The molecule has 0 radical (unpaired) electrons.